The minimum atomic E-state index is -0.666. The van der Waals surface area contributed by atoms with Crippen LogP contribution in [0.15, 0.2) is 24.3 Å². The maximum Gasteiger partial charge on any atom is 0.265 e. The molecule has 2 N–H and O–H groups in total. The molecule has 2 amide bonds. The number of carbonyl (C=O) groups excluding carboxylic acids is 2. The molecule has 1 heterocycles. The molecule has 0 bridgehead atoms. The monoisotopic (exact) mass is 292 g/mol. The molecule has 0 spiro atoms. The third-order valence-corrected chi connectivity index (χ3v) is 3.13. The van der Waals surface area contributed by atoms with Crippen LogP contribution in [0, 0.1) is 0 Å². The second-order valence-corrected chi connectivity index (χ2v) is 4.94. The first-order valence-corrected chi connectivity index (χ1v) is 7.02. The summed E-state index contributed by atoms with van der Waals surface area (Å²) >= 11 is 0. The summed E-state index contributed by atoms with van der Waals surface area (Å²) in [5.41, 5.74) is 0. The van der Waals surface area contributed by atoms with E-state index in [-0.39, 0.29) is 17.9 Å². The van der Waals surface area contributed by atoms with Crippen LogP contribution in [0.4, 0.5) is 0 Å². The second-order valence-electron chi connectivity index (χ2n) is 4.94. The van der Waals surface area contributed by atoms with E-state index in [0.29, 0.717) is 31.0 Å². The lowest BCUT2D eigenvalue weighted by Crippen LogP contribution is -2.49. The van der Waals surface area contributed by atoms with Crippen molar-refractivity contribution in [2.24, 2.45) is 0 Å². The largest absolute Gasteiger partial charge is 0.482 e. The summed E-state index contributed by atoms with van der Waals surface area (Å²) in [5.74, 6) is 0.948. The van der Waals surface area contributed by atoms with Gasteiger partial charge in [0.05, 0.1) is 0 Å². The van der Waals surface area contributed by atoms with Gasteiger partial charge in [0.1, 0.15) is 6.10 Å². The molecule has 0 saturated carbocycles. The second kappa shape index (κ2) is 6.97. The molecule has 1 aromatic carbocycles. The summed E-state index contributed by atoms with van der Waals surface area (Å²) in [6.07, 6.45) is -0.347. The van der Waals surface area contributed by atoms with Crippen molar-refractivity contribution in [1.82, 2.24) is 10.6 Å². The zero-order valence-electron chi connectivity index (χ0n) is 12.2. The number of benzene rings is 1. The van der Waals surface area contributed by atoms with Crippen molar-refractivity contribution in [3.05, 3.63) is 24.3 Å². The lowest BCUT2D eigenvalue weighted by atomic mass is 10.1. The minimum Gasteiger partial charge on any atom is -0.482 e. The lowest BCUT2D eigenvalue weighted by molar-refractivity contribution is -0.133. The summed E-state index contributed by atoms with van der Waals surface area (Å²) < 4.78 is 11.4. The summed E-state index contributed by atoms with van der Waals surface area (Å²) in [6.45, 7) is 4.28. The van der Waals surface area contributed by atoms with E-state index in [1.165, 1.54) is 6.92 Å². The lowest BCUT2D eigenvalue weighted by Gasteiger charge is -2.31. The zero-order valence-corrected chi connectivity index (χ0v) is 12.2. The Morgan fingerprint density at radius 2 is 1.71 bits per heavy atom. The normalized spacial score (nSPS) is 19.7. The van der Waals surface area contributed by atoms with Crippen LogP contribution in [0.3, 0.4) is 0 Å². The predicted molar refractivity (Wildman–Crippen MR) is 77.3 cm³/mol. The quantitative estimate of drug-likeness (QED) is 0.789. The molecule has 0 aliphatic carbocycles. The highest BCUT2D eigenvalue weighted by molar-refractivity contribution is 5.82. The van der Waals surface area contributed by atoms with Crippen molar-refractivity contribution in [3.63, 3.8) is 0 Å². The summed E-state index contributed by atoms with van der Waals surface area (Å²) in [5, 5.41) is 5.47. The van der Waals surface area contributed by atoms with Crippen LogP contribution in [0.2, 0.25) is 0 Å². The predicted octanol–water partition coefficient (Wildman–Crippen LogP) is 0.857. The number of rotatable bonds is 5. The van der Waals surface area contributed by atoms with E-state index in [2.05, 4.69) is 10.6 Å². The van der Waals surface area contributed by atoms with Gasteiger partial charge in [0.2, 0.25) is 12.0 Å². The molecule has 0 aromatic heterocycles. The topological polar surface area (TPSA) is 76.7 Å². The van der Waals surface area contributed by atoms with Crippen molar-refractivity contribution in [2.45, 2.75) is 32.5 Å². The number of hydrogen-bond donors (Lipinski definition) is 2. The summed E-state index contributed by atoms with van der Waals surface area (Å²) in [4.78, 5) is 22.8. The molecule has 0 saturated heterocycles. The van der Waals surface area contributed by atoms with E-state index < -0.39 is 6.10 Å². The van der Waals surface area contributed by atoms with Crippen LogP contribution >= 0.6 is 0 Å². The van der Waals surface area contributed by atoms with Crippen LogP contribution in [0.1, 0.15) is 20.3 Å². The molecular formula is C15H20N2O4. The van der Waals surface area contributed by atoms with Gasteiger partial charge in [-0.25, -0.2) is 0 Å². The molecule has 2 rings (SSSR count). The smallest absolute Gasteiger partial charge is 0.265 e. The first-order valence-electron chi connectivity index (χ1n) is 7.02. The highest BCUT2D eigenvalue weighted by Crippen LogP contribution is 2.33. The number of carbonyl (C=O) groups is 2. The van der Waals surface area contributed by atoms with Gasteiger partial charge in [0, 0.05) is 20.0 Å². The van der Waals surface area contributed by atoms with Crippen molar-refractivity contribution >= 4 is 11.8 Å². The van der Waals surface area contributed by atoms with Crippen LogP contribution in [0.25, 0.3) is 0 Å². The van der Waals surface area contributed by atoms with Crippen molar-refractivity contribution in [3.8, 4) is 11.5 Å². The van der Waals surface area contributed by atoms with Crippen molar-refractivity contribution in [2.75, 3.05) is 13.1 Å². The van der Waals surface area contributed by atoms with Gasteiger partial charge in [-0.05, 0) is 25.5 Å². The highest BCUT2D eigenvalue weighted by Gasteiger charge is 2.33. The van der Waals surface area contributed by atoms with Crippen molar-refractivity contribution < 1.29 is 19.1 Å². The number of nitrogens with one attached hydrogen (secondary N) is 2. The van der Waals surface area contributed by atoms with E-state index >= 15 is 0 Å². The Hall–Kier alpha value is -2.24. The molecule has 0 radical (unpaired) electrons. The number of hydrogen-bond acceptors (Lipinski definition) is 4. The van der Waals surface area contributed by atoms with Gasteiger partial charge in [0.25, 0.3) is 5.91 Å². The fraction of sp³-hybridized carbons (Fsp3) is 0.467. The minimum absolute atomic E-state index is 0.0735. The van der Waals surface area contributed by atoms with Gasteiger partial charge in [0.15, 0.2) is 11.5 Å². The van der Waals surface area contributed by atoms with Crippen LogP contribution in [-0.2, 0) is 9.59 Å². The van der Waals surface area contributed by atoms with E-state index in [0.717, 1.165) is 0 Å². The van der Waals surface area contributed by atoms with Crippen molar-refractivity contribution in [1.29, 1.82) is 0 Å². The molecule has 6 heteroatoms. The molecule has 2 atom stereocenters. The Morgan fingerprint density at radius 3 is 2.38 bits per heavy atom. The maximum atomic E-state index is 12.1. The van der Waals surface area contributed by atoms with E-state index in [9.17, 15) is 9.59 Å². The summed E-state index contributed by atoms with van der Waals surface area (Å²) in [7, 11) is 0. The molecular weight excluding hydrogens is 272 g/mol. The Morgan fingerprint density at radius 1 is 1.10 bits per heavy atom. The Balaban J connectivity index is 1.82. The molecule has 114 valence electrons. The molecule has 21 heavy (non-hydrogen) atoms. The van der Waals surface area contributed by atoms with Gasteiger partial charge >= 0.3 is 0 Å². The summed E-state index contributed by atoms with van der Waals surface area (Å²) in [6, 6.07) is 7.28. The third-order valence-electron chi connectivity index (χ3n) is 3.13. The fourth-order valence-electron chi connectivity index (χ4n) is 2.07. The van der Waals surface area contributed by atoms with Gasteiger partial charge in [-0.1, -0.05) is 12.1 Å². The van der Waals surface area contributed by atoms with Crippen LogP contribution in [-0.4, -0.2) is 37.1 Å². The Kier molecular flexibility index (Phi) is 5.03. The molecule has 1 aliphatic rings. The van der Waals surface area contributed by atoms with Gasteiger partial charge < -0.3 is 20.1 Å². The number of ether oxygens (including phenoxy) is 2. The van der Waals surface area contributed by atoms with E-state index in [4.69, 9.17) is 9.47 Å². The Labute approximate surface area is 123 Å². The standard InChI is InChI=1S/C15H20N2O4/c1-10-14(15(19)17-9-5-8-16-11(2)18)21-13-7-4-3-6-12(13)20-10/h3-4,6-7,10,14H,5,8-9H2,1-2H3,(H,16,18)(H,17,19)/t10-,14+/m1/s1. The SMILES string of the molecule is CC(=O)NCCCNC(=O)[C@H]1Oc2ccccc2O[C@@H]1C. The molecule has 1 aliphatic heterocycles. The third kappa shape index (κ3) is 4.11. The average molecular weight is 292 g/mol. The molecule has 6 nitrogen and oxygen atoms in total. The van der Waals surface area contributed by atoms with Gasteiger partial charge in [-0.2, -0.15) is 0 Å². The highest BCUT2D eigenvalue weighted by atomic mass is 16.6. The molecule has 1 aromatic rings. The fourth-order valence-corrected chi connectivity index (χ4v) is 2.07. The van der Waals surface area contributed by atoms with Gasteiger partial charge in [-0.3, -0.25) is 9.59 Å². The maximum absolute atomic E-state index is 12.1. The van der Waals surface area contributed by atoms with Gasteiger partial charge in [-0.15, -0.1) is 0 Å². The molecule has 0 unspecified atom stereocenters. The van der Waals surface area contributed by atoms with Crippen LogP contribution < -0.4 is 20.1 Å². The van der Waals surface area contributed by atoms with E-state index in [1.807, 2.05) is 18.2 Å². The molecule has 0 fully saturated rings. The number of fused-ring (bicyclic) bond motifs is 1. The first kappa shape index (κ1) is 15.2. The zero-order chi connectivity index (χ0) is 15.2. The average Bonchev–Trinajstić information content (AvgIpc) is 2.45. The van der Waals surface area contributed by atoms with E-state index in [1.54, 1.807) is 13.0 Å². The number of para-hydroxylation sites is 2. The van der Waals surface area contributed by atoms with Crippen LogP contribution in [0.5, 0.6) is 11.5 Å². The Bertz CT molecular complexity index is 518. The number of amides is 2. The first-order chi connectivity index (χ1) is 10.1.